The topological polar surface area (TPSA) is 27.7 Å². The summed E-state index contributed by atoms with van der Waals surface area (Å²) in [5, 5.41) is 0. The van der Waals surface area contributed by atoms with Gasteiger partial charge in [0.2, 0.25) is 0 Å². The van der Waals surface area contributed by atoms with Crippen molar-refractivity contribution in [2.24, 2.45) is 11.8 Å². The summed E-state index contributed by atoms with van der Waals surface area (Å²) in [7, 11) is 0. The third-order valence-electron chi connectivity index (χ3n) is 5.28. The van der Waals surface area contributed by atoms with Gasteiger partial charge in [0.1, 0.15) is 5.75 Å². The Morgan fingerprint density at radius 3 is 2.00 bits per heavy atom. The molecule has 146 valence electrons. The van der Waals surface area contributed by atoms with E-state index in [0.717, 1.165) is 12.8 Å². The molecule has 3 rings (SSSR count). The van der Waals surface area contributed by atoms with E-state index in [4.69, 9.17) is 9.47 Å². The van der Waals surface area contributed by atoms with E-state index in [0.29, 0.717) is 36.4 Å². The predicted octanol–water partition coefficient (Wildman–Crippen LogP) is 6.03. The van der Waals surface area contributed by atoms with Gasteiger partial charge >= 0.3 is 6.36 Å². The first-order valence-corrected chi connectivity index (χ1v) is 9.57. The van der Waals surface area contributed by atoms with Crippen molar-refractivity contribution in [1.29, 1.82) is 0 Å². The van der Waals surface area contributed by atoms with Crippen LogP contribution in [-0.4, -0.2) is 19.6 Å². The van der Waals surface area contributed by atoms with Crippen LogP contribution in [0.2, 0.25) is 0 Å². The summed E-state index contributed by atoms with van der Waals surface area (Å²) in [6.45, 7) is 2.50. The SMILES string of the molecule is Cc1c(OCCC2CC2)ccc(OCCC2CCCC2)c1OC(F)(F)F. The summed E-state index contributed by atoms with van der Waals surface area (Å²) in [4.78, 5) is 0. The Balaban J connectivity index is 1.65. The van der Waals surface area contributed by atoms with Crippen LogP contribution in [0.3, 0.4) is 0 Å². The number of alkyl halides is 3. The van der Waals surface area contributed by atoms with Crippen LogP contribution < -0.4 is 14.2 Å². The fraction of sp³-hybridized carbons (Fsp3) is 0.700. The molecular weight excluding hydrogens is 345 g/mol. The lowest BCUT2D eigenvalue weighted by molar-refractivity contribution is -0.275. The molecule has 6 heteroatoms. The van der Waals surface area contributed by atoms with Crippen molar-refractivity contribution in [2.45, 2.75) is 64.7 Å². The highest BCUT2D eigenvalue weighted by molar-refractivity contribution is 5.53. The number of halogens is 3. The number of benzene rings is 1. The fourth-order valence-electron chi connectivity index (χ4n) is 3.54. The second-order valence-electron chi connectivity index (χ2n) is 7.43. The Bertz CT molecular complexity index is 591. The lowest BCUT2D eigenvalue weighted by Crippen LogP contribution is -2.19. The molecule has 1 aromatic rings. The molecule has 0 N–H and O–H groups in total. The zero-order chi connectivity index (χ0) is 18.6. The second-order valence-corrected chi connectivity index (χ2v) is 7.43. The third kappa shape index (κ3) is 5.71. The van der Waals surface area contributed by atoms with Gasteiger partial charge < -0.3 is 14.2 Å². The Morgan fingerprint density at radius 1 is 0.885 bits per heavy atom. The van der Waals surface area contributed by atoms with Crippen molar-refractivity contribution in [3.05, 3.63) is 17.7 Å². The van der Waals surface area contributed by atoms with Gasteiger partial charge in [-0.3, -0.25) is 0 Å². The minimum absolute atomic E-state index is 0.132. The van der Waals surface area contributed by atoms with E-state index in [9.17, 15) is 13.2 Å². The molecule has 0 atom stereocenters. The minimum atomic E-state index is -4.76. The molecule has 0 amide bonds. The highest BCUT2D eigenvalue weighted by Gasteiger charge is 2.34. The third-order valence-corrected chi connectivity index (χ3v) is 5.28. The van der Waals surface area contributed by atoms with Crippen LogP contribution in [0.1, 0.15) is 56.9 Å². The summed E-state index contributed by atoms with van der Waals surface area (Å²) >= 11 is 0. The Labute approximate surface area is 152 Å². The molecule has 0 radical (unpaired) electrons. The minimum Gasteiger partial charge on any atom is -0.493 e. The number of hydrogen-bond acceptors (Lipinski definition) is 3. The zero-order valence-electron chi connectivity index (χ0n) is 15.2. The van der Waals surface area contributed by atoms with Gasteiger partial charge in [0.25, 0.3) is 0 Å². The van der Waals surface area contributed by atoms with Crippen molar-refractivity contribution in [1.82, 2.24) is 0 Å². The van der Waals surface area contributed by atoms with Gasteiger partial charge in [0.15, 0.2) is 11.5 Å². The van der Waals surface area contributed by atoms with Crippen molar-refractivity contribution in [3.63, 3.8) is 0 Å². The molecule has 0 bridgehead atoms. The van der Waals surface area contributed by atoms with Gasteiger partial charge in [0.05, 0.1) is 13.2 Å². The number of rotatable bonds is 9. The molecule has 3 nitrogen and oxygen atoms in total. The first-order valence-electron chi connectivity index (χ1n) is 9.57. The molecule has 0 aromatic heterocycles. The Hall–Kier alpha value is -1.59. The average Bonchev–Trinajstić information content (AvgIpc) is 3.25. The highest BCUT2D eigenvalue weighted by atomic mass is 19.4. The first-order chi connectivity index (χ1) is 12.4. The van der Waals surface area contributed by atoms with Gasteiger partial charge in [-0.2, -0.15) is 0 Å². The van der Waals surface area contributed by atoms with Gasteiger partial charge in [-0.25, -0.2) is 0 Å². The van der Waals surface area contributed by atoms with E-state index in [2.05, 4.69) is 4.74 Å². The van der Waals surface area contributed by atoms with E-state index >= 15 is 0 Å². The molecule has 26 heavy (non-hydrogen) atoms. The summed E-state index contributed by atoms with van der Waals surface area (Å²) < 4.78 is 54.1. The summed E-state index contributed by atoms with van der Waals surface area (Å²) in [5.74, 6) is 1.60. The Morgan fingerprint density at radius 2 is 1.42 bits per heavy atom. The van der Waals surface area contributed by atoms with Crippen molar-refractivity contribution in [2.75, 3.05) is 13.2 Å². The molecule has 2 saturated carbocycles. The smallest absolute Gasteiger partial charge is 0.493 e. The molecule has 2 fully saturated rings. The first kappa shape index (κ1) is 19.2. The van der Waals surface area contributed by atoms with Crippen LogP contribution in [0.25, 0.3) is 0 Å². The van der Waals surface area contributed by atoms with Crippen molar-refractivity contribution >= 4 is 0 Å². The van der Waals surface area contributed by atoms with Gasteiger partial charge in [-0.15, -0.1) is 13.2 Å². The second kappa shape index (κ2) is 8.40. The van der Waals surface area contributed by atoms with E-state index < -0.39 is 6.36 Å². The summed E-state index contributed by atoms with van der Waals surface area (Å²) in [6, 6.07) is 3.20. The molecular formula is C20H27F3O3. The lowest BCUT2D eigenvalue weighted by Gasteiger charge is -2.19. The molecule has 0 aliphatic heterocycles. The van der Waals surface area contributed by atoms with Gasteiger partial charge in [0, 0.05) is 5.56 Å². The molecule has 0 unspecified atom stereocenters. The lowest BCUT2D eigenvalue weighted by atomic mass is 10.1. The van der Waals surface area contributed by atoms with Crippen LogP contribution in [0.5, 0.6) is 17.2 Å². The summed E-state index contributed by atoms with van der Waals surface area (Å²) in [5.41, 5.74) is 0.330. The molecule has 2 aliphatic carbocycles. The standard InChI is InChI=1S/C20H27F3O3/c1-14-17(24-12-11-16-6-7-16)8-9-18(19(14)26-20(21,22)23)25-13-10-15-4-2-3-5-15/h8-9,15-16H,2-7,10-13H2,1H3. The van der Waals surface area contributed by atoms with E-state index in [1.54, 1.807) is 13.0 Å². The van der Waals surface area contributed by atoms with E-state index in [1.807, 2.05) is 0 Å². The molecule has 1 aromatic carbocycles. The summed E-state index contributed by atoms with van der Waals surface area (Å²) in [6.07, 6.45) is 4.32. The molecule has 0 heterocycles. The van der Waals surface area contributed by atoms with E-state index in [-0.39, 0.29) is 11.5 Å². The molecule has 0 saturated heterocycles. The maximum atomic E-state index is 12.8. The fourth-order valence-corrected chi connectivity index (χ4v) is 3.54. The predicted molar refractivity (Wildman–Crippen MR) is 92.8 cm³/mol. The molecule has 0 spiro atoms. The van der Waals surface area contributed by atoms with Crippen molar-refractivity contribution in [3.8, 4) is 17.2 Å². The zero-order valence-corrected chi connectivity index (χ0v) is 15.2. The monoisotopic (exact) mass is 372 g/mol. The van der Waals surface area contributed by atoms with Crippen LogP contribution in [0.15, 0.2) is 12.1 Å². The van der Waals surface area contributed by atoms with E-state index in [1.165, 1.54) is 44.6 Å². The quantitative estimate of drug-likeness (QED) is 0.529. The van der Waals surface area contributed by atoms with Crippen LogP contribution in [-0.2, 0) is 0 Å². The average molecular weight is 372 g/mol. The normalized spacial score (nSPS) is 18.2. The van der Waals surface area contributed by atoms with Gasteiger partial charge in [-0.05, 0) is 43.7 Å². The van der Waals surface area contributed by atoms with Crippen LogP contribution in [0.4, 0.5) is 13.2 Å². The Kier molecular flexibility index (Phi) is 6.20. The number of hydrogen-bond donors (Lipinski definition) is 0. The highest BCUT2D eigenvalue weighted by Crippen LogP contribution is 2.41. The number of ether oxygens (including phenoxy) is 3. The maximum Gasteiger partial charge on any atom is 0.573 e. The molecule has 2 aliphatic rings. The van der Waals surface area contributed by atoms with Crippen LogP contribution >= 0.6 is 0 Å². The van der Waals surface area contributed by atoms with Crippen molar-refractivity contribution < 1.29 is 27.4 Å². The van der Waals surface area contributed by atoms with Crippen LogP contribution in [0, 0.1) is 18.8 Å². The largest absolute Gasteiger partial charge is 0.573 e. The van der Waals surface area contributed by atoms with Gasteiger partial charge in [-0.1, -0.05) is 38.5 Å². The maximum absolute atomic E-state index is 12.8.